The Morgan fingerprint density at radius 1 is 1.41 bits per heavy atom. The van der Waals surface area contributed by atoms with E-state index in [4.69, 9.17) is 0 Å². The van der Waals surface area contributed by atoms with Crippen LogP contribution in [0.3, 0.4) is 0 Å². The molecule has 0 aromatic heterocycles. The molecule has 1 N–H and O–H groups in total. The fourth-order valence-electron chi connectivity index (χ4n) is 2.40. The fourth-order valence-corrected chi connectivity index (χ4v) is 2.40. The molecular formula is C14H26N2O. The molecule has 1 amide bonds. The molecule has 2 fully saturated rings. The maximum absolute atomic E-state index is 11.3. The third-order valence-corrected chi connectivity index (χ3v) is 3.26. The van der Waals surface area contributed by atoms with Crippen LogP contribution in [0.15, 0.2) is 12.7 Å². The monoisotopic (exact) mass is 238 g/mol. The Hall–Kier alpha value is -0.830. The van der Waals surface area contributed by atoms with Gasteiger partial charge in [-0.05, 0) is 31.4 Å². The SMILES string of the molecule is C=CC(=O)N1CCC2(CCNC2)C1.CC(C)C. The van der Waals surface area contributed by atoms with Crippen LogP contribution in [0.5, 0.6) is 0 Å². The van der Waals surface area contributed by atoms with Crippen LogP contribution in [-0.2, 0) is 4.79 Å². The van der Waals surface area contributed by atoms with E-state index in [9.17, 15) is 4.79 Å². The first-order valence-corrected chi connectivity index (χ1v) is 6.61. The number of hydrogen-bond donors (Lipinski definition) is 1. The molecule has 98 valence electrons. The first-order valence-electron chi connectivity index (χ1n) is 6.61. The molecule has 0 bridgehead atoms. The van der Waals surface area contributed by atoms with E-state index in [1.807, 2.05) is 4.90 Å². The predicted molar refractivity (Wildman–Crippen MR) is 71.8 cm³/mol. The van der Waals surface area contributed by atoms with Crippen LogP contribution >= 0.6 is 0 Å². The van der Waals surface area contributed by atoms with E-state index in [2.05, 4.69) is 32.7 Å². The number of carbonyl (C=O) groups is 1. The number of likely N-dealkylation sites (tertiary alicyclic amines) is 1. The molecule has 1 spiro atoms. The van der Waals surface area contributed by atoms with Gasteiger partial charge < -0.3 is 10.2 Å². The van der Waals surface area contributed by atoms with Crippen LogP contribution in [-0.4, -0.2) is 37.0 Å². The van der Waals surface area contributed by atoms with Gasteiger partial charge in [-0.3, -0.25) is 4.79 Å². The molecule has 17 heavy (non-hydrogen) atoms. The molecule has 0 radical (unpaired) electrons. The summed E-state index contributed by atoms with van der Waals surface area (Å²) in [7, 11) is 0. The highest BCUT2D eigenvalue weighted by Crippen LogP contribution is 2.35. The maximum atomic E-state index is 11.3. The van der Waals surface area contributed by atoms with Crippen LogP contribution in [0, 0.1) is 11.3 Å². The van der Waals surface area contributed by atoms with Gasteiger partial charge in [0.2, 0.25) is 5.91 Å². The lowest BCUT2D eigenvalue weighted by Crippen LogP contribution is -2.32. The van der Waals surface area contributed by atoms with Crippen molar-refractivity contribution < 1.29 is 4.79 Å². The van der Waals surface area contributed by atoms with Crippen LogP contribution in [0.25, 0.3) is 0 Å². The Kier molecular flexibility index (Phi) is 5.19. The van der Waals surface area contributed by atoms with E-state index in [1.165, 1.54) is 12.5 Å². The fraction of sp³-hybridized carbons (Fsp3) is 0.786. The van der Waals surface area contributed by atoms with E-state index >= 15 is 0 Å². The molecule has 2 heterocycles. The molecule has 1 unspecified atom stereocenters. The van der Waals surface area contributed by atoms with Crippen LogP contribution in [0.1, 0.15) is 33.6 Å². The molecule has 0 aromatic carbocycles. The number of carbonyl (C=O) groups excluding carboxylic acids is 1. The third-order valence-electron chi connectivity index (χ3n) is 3.26. The lowest BCUT2D eigenvalue weighted by atomic mass is 9.87. The standard InChI is InChI=1S/C10H16N2O.C4H10/c1-2-9(13)12-6-4-10(8-12)3-5-11-7-10;1-4(2)3/h2,11H,1,3-8H2;4H,1-3H3. The summed E-state index contributed by atoms with van der Waals surface area (Å²) in [4.78, 5) is 13.3. The Labute approximate surface area is 105 Å². The quantitative estimate of drug-likeness (QED) is 0.709. The zero-order valence-corrected chi connectivity index (χ0v) is 11.5. The van der Waals surface area contributed by atoms with Crippen LogP contribution in [0.2, 0.25) is 0 Å². The van der Waals surface area contributed by atoms with Gasteiger partial charge in [-0.1, -0.05) is 27.4 Å². The lowest BCUT2D eigenvalue weighted by molar-refractivity contribution is -0.125. The highest BCUT2D eigenvalue weighted by Gasteiger charge is 2.41. The summed E-state index contributed by atoms with van der Waals surface area (Å²) in [5.41, 5.74) is 0.388. The first-order chi connectivity index (χ1) is 7.99. The molecule has 2 rings (SSSR count). The summed E-state index contributed by atoms with van der Waals surface area (Å²) < 4.78 is 0. The van der Waals surface area contributed by atoms with Crippen LogP contribution in [0.4, 0.5) is 0 Å². The second-order valence-electron chi connectivity index (χ2n) is 5.87. The molecule has 3 nitrogen and oxygen atoms in total. The summed E-state index contributed by atoms with van der Waals surface area (Å²) in [6, 6.07) is 0. The number of hydrogen-bond acceptors (Lipinski definition) is 2. The van der Waals surface area contributed by atoms with Gasteiger partial charge in [0.25, 0.3) is 0 Å². The lowest BCUT2D eigenvalue weighted by Gasteiger charge is -2.21. The number of nitrogens with zero attached hydrogens (tertiary/aromatic N) is 1. The molecule has 0 saturated carbocycles. The summed E-state index contributed by atoms with van der Waals surface area (Å²) >= 11 is 0. The van der Waals surface area contributed by atoms with Crippen molar-refractivity contribution in [2.75, 3.05) is 26.2 Å². The second-order valence-corrected chi connectivity index (χ2v) is 5.87. The van der Waals surface area contributed by atoms with E-state index in [1.54, 1.807) is 0 Å². The third kappa shape index (κ3) is 4.15. The summed E-state index contributed by atoms with van der Waals surface area (Å²) in [6.07, 6.45) is 3.79. The van der Waals surface area contributed by atoms with Gasteiger partial charge in [0.05, 0.1) is 0 Å². The van der Waals surface area contributed by atoms with Gasteiger partial charge in [-0.2, -0.15) is 0 Å². The average Bonchev–Trinajstić information content (AvgIpc) is 2.88. The zero-order chi connectivity index (χ0) is 12.9. The van der Waals surface area contributed by atoms with Gasteiger partial charge in [0.1, 0.15) is 0 Å². The summed E-state index contributed by atoms with van der Waals surface area (Å²) in [5, 5.41) is 3.37. The van der Waals surface area contributed by atoms with Crippen LogP contribution < -0.4 is 5.32 Å². The Morgan fingerprint density at radius 2 is 2.06 bits per heavy atom. The molecular weight excluding hydrogens is 212 g/mol. The number of rotatable bonds is 1. The topological polar surface area (TPSA) is 32.3 Å². The molecule has 1 atom stereocenters. The molecule has 2 aliphatic heterocycles. The van der Waals surface area contributed by atoms with Crippen molar-refractivity contribution in [1.29, 1.82) is 0 Å². The van der Waals surface area contributed by atoms with Crippen molar-refractivity contribution in [2.45, 2.75) is 33.6 Å². The minimum atomic E-state index is 0.0868. The van der Waals surface area contributed by atoms with E-state index in [-0.39, 0.29) is 5.91 Å². The van der Waals surface area contributed by atoms with Crippen molar-refractivity contribution in [3.63, 3.8) is 0 Å². The maximum Gasteiger partial charge on any atom is 0.245 e. The van der Waals surface area contributed by atoms with E-state index in [0.29, 0.717) is 5.41 Å². The zero-order valence-electron chi connectivity index (χ0n) is 11.5. The van der Waals surface area contributed by atoms with Crippen molar-refractivity contribution in [1.82, 2.24) is 10.2 Å². The molecule has 0 aliphatic carbocycles. The van der Waals surface area contributed by atoms with Crippen molar-refractivity contribution in [3.8, 4) is 0 Å². The largest absolute Gasteiger partial charge is 0.339 e. The molecule has 0 aromatic rings. The minimum absolute atomic E-state index is 0.0868. The Morgan fingerprint density at radius 3 is 2.53 bits per heavy atom. The first kappa shape index (κ1) is 14.2. The predicted octanol–water partition coefficient (Wildman–Crippen LogP) is 2.05. The molecule has 2 aliphatic rings. The minimum Gasteiger partial charge on any atom is -0.339 e. The summed E-state index contributed by atoms with van der Waals surface area (Å²) in [5.74, 6) is 0.920. The van der Waals surface area contributed by atoms with Crippen molar-refractivity contribution >= 4 is 5.91 Å². The molecule has 2 saturated heterocycles. The molecule has 3 heteroatoms. The van der Waals surface area contributed by atoms with E-state index in [0.717, 1.165) is 38.5 Å². The average molecular weight is 238 g/mol. The van der Waals surface area contributed by atoms with Gasteiger partial charge in [-0.15, -0.1) is 0 Å². The van der Waals surface area contributed by atoms with Gasteiger partial charge in [0, 0.05) is 25.0 Å². The highest BCUT2D eigenvalue weighted by molar-refractivity contribution is 5.87. The van der Waals surface area contributed by atoms with Gasteiger partial charge in [-0.25, -0.2) is 0 Å². The van der Waals surface area contributed by atoms with Crippen molar-refractivity contribution in [2.24, 2.45) is 11.3 Å². The Bertz CT molecular complexity index is 265. The summed E-state index contributed by atoms with van der Waals surface area (Å²) in [6.45, 7) is 14.0. The number of amides is 1. The smallest absolute Gasteiger partial charge is 0.245 e. The van der Waals surface area contributed by atoms with Gasteiger partial charge in [0.15, 0.2) is 0 Å². The number of nitrogens with one attached hydrogen (secondary N) is 1. The van der Waals surface area contributed by atoms with Crippen molar-refractivity contribution in [3.05, 3.63) is 12.7 Å². The normalized spacial score (nSPS) is 27.2. The highest BCUT2D eigenvalue weighted by atomic mass is 16.2. The Balaban J connectivity index is 0.000000317. The van der Waals surface area contributed by atoms with E-state index < -0.39 is 0 Å². The van der Waals surface area contributed by atoms with Gasteiger partial charge >= 0.3 is 0 Å². The second kappa shape index (κ2) is 6.20.